The number of rotatable bonds is 3. The highest BCUT2D eigenvalue weighted by atomic mass is 35.5. The Morgan fingerprint density at radius 1 is 0.931 bits per heavy atom. The largest absolute Gasteiger partial charge is 0.504 e. The minimum absolute atomic E-state index is 0.139. The van der Waals surface area contributed by atoms with Gasteiger partial charge in [0.2, 0.25) is 0 Å². The summed E-state index contributed by atoms with van der Waals surface area (Å²) >= 11 is 5.85. The van der Waals surface area contributed by atoms with Crippen LogP contribution in [0, 0.1) is 0 Å². The second-order valence-electron chi connectivity index (χ2n) is 6.08. The van der Waals surface area contributed by atoms with Gasteiger partial charge in [-0.05, 0) is 36.4 Å². The Kier molecular flexibility index (Phi) is 4.84. The second-order valence-corrected chi connectivity index (χ2v) is 6.52. The van der Waals surface area contributed by atoms with Gasteiger partial charge in [-0.25, -0.2) is 9.67 Å². The van der Waals surface area contributed by atoms with E-state index in [2.05, 4.69) is 20.9 Å². The molecule has 2 aromatic heterocycles. The van der Waals surface area contributed by atoms with Crippen molar-refractivity contribution in [2.45, 2.75) is 0 Å². The molecule has 0 bridgehead atoms. The highest BCUT2D eigenvalue weighted by Gasteiger charge is 2.18. The number of hydrogen-bond donors (Lipinski definition) is 3. The van der Waals surface area contributed by atoms with Gasteiger partial charge in [0.25, 0.3) is 11.8 Å². The van der Waals surface area contributed by atoms with E-state index in [9.17, 15) is 14.7 Å². The number of hydrazine groups is 1. The van der Waals surface area contributed by atoms with E-state index in [1.807, 2.05) is 18.2 Å². The Balaban J connectivity index is 1.46. The molecule has 4 aromatic rings. The van der Waals surface area contributed by atoms with E-state index in [1.54, 1.807) is 42.5 Å². The van der Waals surface area contributed by atoms with Crippen LogP contribution >= 0.6 is 11.6 Å². The highest BCUT2D eigenvalue weighted by molar-refractivity contribution is 6.30. The summed E-state index contributed by atoms with van der Waals surface area (Å²) in [4.78, 5) is 28.8. The van der Waals surface area contributed by atoms with Crippen molar-refractivity contribution in [2.24, 2.45) is 0 Å². The number of nitrogens with one attached hydrogen (secondary N) is 2. The zero-order valence-corrected chi connectivity index (χ0v) is 15.6. The number of benzene rings is 2. The quantitative estimate of drug-likeness (QED) is 0.452. The van der Waals surface area contributed by atoms with Gasteiger partial charge in [-0.15, -0.1) is 0 Å². The third-order valence-electron chi connectivity index (χ3n) is 4.12. The Hall–Kier alpha value is -3.91. The first-order chi connectivity index (χ1) is 14.0. The zero-order chi connectivity index (χ0) is 20.4. The van der Waals surface area contributed by atoms with Gasteiger partial charge in [-0.1, -0.05) is 35.9 Å². The van der Waals surface area contributed by atoms with E-state index in [4.69, 9.17) is 11.6 Å². The van der Waals surface area contributed by atoms with Crippen LogP contribution in [0.1, 0.15) is 21.0 Å². The van der Waals surface area contributed by atoms with Gasteiger partial charge in [-0.3, -0.25) is 20.4 Å². The van der Waals surface area contributed by atoms with Crippen LogP contribution in [0.15, 0.2) is 66.9 Å². The molecule has 0 aliphatic rings. The molecule has 0 fully saturated rings. The SMILES string of the molecule is O=C(NNC(=O)c1nn(-c2ccc(Cl)cc2)cc1O)c1ccc2ccccc2n1. The van der Waals surface area contributed by atoms with Gasteiger partial charge < -0.3 is 5.11 Å². The molecule has 29 heavy (non-hydrogen) atoms. The van der Waals surface area contributed by atoms with Crippen molar-refractivity contribution in [1.82, 2.24) is 25.6 Å². The van der Waals surface area contributed by atoms with Crippen molar-refractivity contribution >= 4 is 34.3 Å². The fraction of sp³-hybridized carbons (Fsp3) is 0. The predicted molar refractivity (Wildman–Crippen MR) is 107 cm³/mol. The second kappa shape index (κ2) is 7.61. The smallest absolute Gasteiger partial charge is 0.294 e. The molecule has 0 saturated heterocycles. The molecule has 2 heterocycles. The van der Waals surface area contributed by atoms with E-state index >= 15 is 0 Å². The van der Waals surface area contributed by atoms with Crippen molar-refractivity contribution < 1.29 is 14.7 Å². The van der Waals surface area contributed by atoms with Crippen molar-refractivity contribution in [3.05, 3.63) is 83.3 Å². The van der Waals surface area contributed by atoms with Crippen molar-refractivity contribution in [1.29, 1.82) is 0 Å². The van der Waals surface area contributed by atoms with Crippen molar-refractivity contribution in [3.8, 4) is 11.4 Å². The molecular weight excluding hydrogens is 394 g/mol. The number of aromatic nitrogens is 3. The van der Waals surface area contributed by atoms with Crippen LogP contribution in [0.25, 0.3) is 16.6 Å². The van der Waals surface area contributed by atoms with Gasteiger partial charge in [0.1, 0.15) is 5.69 Å². The summed E-state index contributed by atoms with van der Waals surface area (Å²) in [5, 5.41) is 15.5. The fourth-order valence-corrected chi connectivity index (χ4v) is 2.81. The van der Waals surface area contributed by atoms with Crippen LogP contribution in [0.4, 0.5) is 0 Å². The molecule has 144 valence electrons. The van der Waals surface area contributed by atoms with Gasteiger partial charge in [0.15, 0.2) is 11.4 Å². The fourth-order valence-electron chi connectivity index (χ4n) is 2.68. The summed E-state index contributed by atoms with van der Waals surface area (Å²) < 4.78 is 1.33. The number of pyridine rings is 1. The molecule has 3 N–H and O–H groups in total. The molecule has 2 aromatic carbocycles. The lowest BCUT2D eigenvalue weighted by Gasteiger charge is -2.06. The maximum atomic E-state index is 12.3. The molecule has 9 heteroatoms. The van der Waals surface area contributed by atoms with Crippen LogP contribution in [0.5, 0.6) is 5.75 Å². The average Bonchev–Trinajstić information content (AvgIpc) is 3.13. The molecule has 4 rings (SSSR count). The van der Waals surface area contributed by atoms with Crippen LogP contribution in [-0.4, -0.2) is 31.7 Å². The van der Waals surface area contributed by atoms with Crippen LogP contribution < -0.4 is 10.9 Å². The van der Waals surface area contributed by atoms with Gasteiger partial charge in [-0.2, -0.15) is 5.10 Å². The molecular formula is C20H14ClN5O3. The maximum Gasteiger partial charge on any atom is 0.294 e. The number of amides is 2. The lowest BCUT2D eigenvalue weighted by molar-refractivity contribution is 0.0839. The predicted octanol–water partition coefficient (Wildman–Crippen LogP) is 2.85. The molecule has 0 unspecified atom stereocenters. The Morgan fingerprint density at radius 2 is 1.66 bits per heavy atom. The Bertz CT molecular complexity index is 1220. The third-order valence-corrected chi connectivity index (χ3v) is 4.37. The number of fused-ring (bicyclic) bond motifs is 1. The monoisotopic (exact) mass is 407 g/mol. The van der Waals surface area contributed by atoms with Gasteiger partial charge in [0, 0.05) is 10.4 Å². The first-order valence-electron chi connectivity index (χ1n) is 8.52. The summed E-state index contributed by atoms with van der Waals surface area (Å²) in [6.07, 6.45) is 1.28. The summed E-state index contributed by atoms with van der Waals surface area (Å²) in [6.45, 7) is 0. The summed E-state index contributed by atoms with van der Waals surface area (Å²) in [5.74, 6) is -1.71. The minimum atomic E-state index is -0.774. The number of carbonyl (C=O) groups excluding carboxylic acids is 2. The van der Waals surface area contributed by atoms with Crippen LogP contribution in [0.2, 0.25) is 5.02 Å². The first-order valence-corrected chi connectivity index (χ1v) is 8.90. The zero-order valence-electron chi connectivity index (χ0n) is 14.8. The maximum absolute atomic E-state index is 12.3. The first kappa shape index (κ1) is 18.5. The van der Waals surface area contributed by atoms with Crippen molar-refractivity contribution in [3.63, 3.8) is 0 Å². The highest BCUT2D eigenvalue weighted by Crippen LogP contribution is 2.19. The number of halogens is 1. The summed E-state index contributed by atoms with van der Waals surface area (Å²) in [7, 11) is 0. The van der Waals surface area contributed by atoms with Crippen LogP contribution in [0.3, 0.4) is 0 Å². The molecule has 0 spiro atoms. The van der Waals surface area contributed by atoms with Gasteiger partial charge in [0.05, 0.1) is 17.4 Å². The number of para-hydroxylation sites is 1. The molecule has 8 nitrogen and oxygen atoms in total. The normalized spacial score (nSPS) is 10.7. The Labute approximate surface area is 169 Å². The third kappa shape index (κ3) is 3.87. The molecule has 0 aliphatic carbocycles. The summed E-state index contributed by atoms with van der Waals surface area (Å²) in [5.41, 5.74) is 5.65. The van der Waals surface area contributed by atoms with E-state index in [-0.39, 0.29) is 17.1 Å². The van der Waals surface area contributed by atoms with E-state index in [1.165, 1.54) is 10.9 Å². The molecule has 2 amide bonds. The lowest BCUT2D eigenvalue weighted by Crippen LogP contribution is -2.42. The lowest BCUT2D eigenvalue weighted by atomic mass is 10.2. The number of hydrogen-bond acceptors (Lipinski definition) is 5. The van der Waals surface area contributed by atoms with Crippen molar-refractivity contribution in [2.75, 3.05) is 0 Å². The Morgan fingerprint density at radius 3 is 2.45 bits per heavy atom. The standard InChI is InChI=1S/C20H14ClN5O3/c21-13-6-8-14(9-7-13)26-11-17(27)18(25-26)20(29)24-23-19(28)16-10-5-12-3-1-2-4-15(12)22-16/h1-11,27H,(H,23,28)(H,24,29). The molecule has 0 aliphatic heterocycles. The summed E-state index contributed by atoms with van der Waals surface area (Å²) in [6, 6.07) is 17.4. The number of aromatic hydroxyl groups is 1. The number of nitrogens with zero attached hydrogens (tertiary/aromatic N) is 3. The molecule has 0 saturated carbocycles. The van der Waals surface area contributed by atoms with E-state index < -0.39 is 11.8 Å². The van der Waals surface area contributed by atoms with E-state index in [0.29, 0.717) is 16.2 Å². The van der Waals surface area contributed by atoms with E-state index in [0.717, 1.165) is 5.39 Å². The average molecular weight is 408 g/mol. The van der Waals surface area contributed by atoms with Gasteiger partial charge >= 0.3 is 0 Å². The minimum Gasteiger partial charge on any atom is -0.504 e. The van der Waals surface area contributed by atoms with Crippen LogP contribution in [-0.2, 0) is 0 Å². The molecule has 0 atom stereocenters. The molecule has 0 radical (unpaired) electrons. The number of carbonyl (C=O) groups is 2. The topological polar surface area (TPSA) is 109 Å².